The van der Waals surface area contributed by atoms with Crippen LogP contribution in [0.25, 0.3) is 0 Å². The number of carbonyl (C=O) groups is 1. The fraction of sp³-hybridized carbons (Fsp3) is 0.632. The molecule has 0 spiro atoms. The lowest BCUT2D eigenvalue weighted by atomic mass is 9.93. The van der Waals surface area contributed by atoms with E-state index < -0.39 is 0 Å². The van der Waals surface area contributed by atoms with E-state index in [0.717, 1.165) is 25.2 Å². The van der Waals surface area contributed by atoms with E-state index >= 15 is 0 Å². The van der Waals surface area contributed by atoms with E-state index in [-0.39, 0.29) is 17.9 Å². The minimum absolute atomic E-state index is 0.0670. The van der Waals surface area contributed by atoms with Gasteiger partial charge in [0.2, 0.25) is 5.91 Å². The predicted octanol–water partition coefficient (Wildman–Crippen LogP) is 2.56. The van der Waals surface area contributed by atoms with Crippen LogP contribution < -0.4 is 11.1 Å². The second-order valence-corrected chi connectivity index (χ2v) is 6.76. The van der Waals surface area contributed by atoms with Crippen LogP contribution in [0.5, 0.6) is 0 Å². The Morgan fingerprint density at radius 1 is 1.30 bits per heavy atom. The van der Waals surface area contributed by atoms with Gasteiger partial charge >= 0.3 is 0 Å². The topological polar surface area (TPSA) is 58.4 Å². The van der Waals surface area contributed by atoms with Crippen molar-refractivity contribution >= 4 is 5.91 Å². The minimum Gasteiger partial charge on any atom is -0.356 e. The Balaban J connectivity index is 1.74. The molecule has 4 heteroatoms. The van der Waals surface area contributed by atoms with Gasteiger partial charge in [0.05, 0.1) is 5.92 Å². The molecule has 0 saturated carbocycles. The van der Waals surface area contributed by atoms with E-state index in [1.54, 1.807) is 0 Å². The van der Waals surface area contributed by atoms with Crippen molar-refractivity contribution in [2.24, 2.45) is 17.6 Å². The van der Waals surface area contributed by atoms with Gasteiger partial charge in [-0.3, -0.25) is 4.79 Å². The zero-order valence-electron chi connectivity index (χ0n) is 14.5. The summed E-state index contributed by atoms with van der Waals surface area (Å²) in [6.07, 6.45) is 3.58. The molecule has 0 bridgehead atoms. The summed E-state index contributed by atoms with van der Waals surface area (Å²) in [5.74, 6) is 0.460. The largest absolute Gasteiger partial charge is 0.356 e. The van der Waals surface area contributed by atoms with E-state index in [4.69, 9.17) is 5.73 Å². The molecule has 2 rings (SSSR count). The summed E-state index contributed by atoms with van der Waals surface area (Å²) in [7, 11) is 0. The number of hydrogen-bond acceptors (Lipinski definition) is 3. The first-order valence-electron chi connectivity index (χ1n) is 8.92. The Morgan fingerprint density at radius 3 is 2.57 bits per heavy atom. The molecule has 1 saturated heterocycles. The highest BCUT2D eigenvalue weighted by atomic mass is 16.1. The van der Waals surface area contributed by atoms with Gasteiger partial charge in [-0.05, 0) is 50.4 Å². The second kappa shape index (κ2) is 9.04. The van der Waals surface area contributed by atoms with Crippen LogP contribution in [0.3, 0.4) is 0 Å². The molecule has 23 heavy (non-hydrogen) atoms. The highest BCUT2D eigenvalue weighted by molar-refractivity contribution is 5.79. The molecule has 2 atom stereocenters. The van der Waals surface area contributed by atoms with Gasteiger partial charge in [0.25, 0.3) is 0 Å². The molecule has 3 N–H and O–H groups in total. The lowest BCUT2D eigenvalue weighted by Gasteiger charge is -2.32. The summed E-state index contributed by atoms with van der Waals surface area (Å²) in [5.41, 5.74) is 7.25. The van der Waals surface area contributed by atoms with E-state index in [0.29, 0.717) is 5.92 Å². The molecule has 1 heterocycles. The number of nitrogens with one attached hydrogen (secondary N) is 1. The Kier molecular flexibility index (Phi) is 7.06. The third kappa shape index (κ3) is 5.33. The van der Waals surface area contributed by atoms with Gasteiger partial charge in [0.1, 0.15) is 0 Å². The van der Waals surface area contributed by atoms with Gasteiger partial charge < -0.3 is 16.0 Å². The Hall–Kier alpha value is -1.39. The van der Waals surface area contributed by atoms with Crippen LogP contribution in [0.1, 0.15) is 44.7 Å². The number of likely N-dealkylation sites (tertiary alicyclic amines) is 1. The van der Waals surface area contributed by atoms with E-state index in [9.17, 15) is 4.79 Å². The van der Waals surface area contributed by atoms with Crippen LogP contribution in [0.15, 0.2) is 30.3 Å². The SMILES string of the molecule is CCCN1CCC(CNC(=O)C(C)C(N)c2ccccc2)CC1. The number of hydrogen-bond donors (Lipinski definition) is 2. The number of amides is 1. The maximum absolute atomic E-state index is 12.4. The second-order valence-electron chi connectivity index (χ2n) is 6.76. The molecule has 4 nitrogen and oxygen atoms in total. The van der Waals surface area contributed by atoms with Crippen molar-refractivity contribution in [3.05, 3.63) is 35.9 Å². The quantitative estimate of drug-likeness (QED) is 0.812. The molecule has 1 amide bonds. The van der Waals surface area contributed by atoms with Crippen LogP contribution in [0.2, 0.25) is 0 Å². The van der Waals surface area contributed by atoms with Gasteiger partial charge in [0.15, 0.2) is 0 Å². The fourth-order valence-corrected chi connectivity index (χ4v) is 3.26. The van der Waals surface area contributed by atoms with E-state index in [2.05, 4.69) is 17.1 Å². The highest BCUT2D eigenvalue weighted by Crippen LogP contribution is 2.20. The highest BCUT2D eigenvalue weighted by Gasteiger charge is 2.24. The van der Waals surface area contributed by atoms with Gasteiger partial charge in [-0.25, -0.2) is 0 Å². The maximum Gasteiger partial charge on any atom is 0.224 e. The van der Waals surface area contributed by atoms with Gasteiger partial charge in [0, 0.05) is 12.6 Å². The van der Waals surface area contributed by atoms with Crippen molar-refractivity contribution in [3.8, 4) is 0 Å². The molecule has 1 aliphatic heterocycles. The number of nitrogens with two attached hydrogens (primary N) is 1. The Labute approximate surface area is 140 Å². The number of nitrogens with zero attached hydrogens (tertiary/aromatic N) is 1. The number of piperidine rings is 1. The van der Waals surface area contributed by atoms with Crippen LogP contribution in [0.4, 0.5) is 0 Å². The first-order valence-corrected chi connectivity index (χ1v) is 8.92. The van der Waals surface area contributed by atoms with Crippen LogP contribution >= 0.6 is 0 Å². The lowest BCUT2D eigenvalue weighted by molar-refractivity contribution is -0.125. The summed E-state index contributed by atoms with van der Waals surface area (Å²) in [6, 6.07) is 9.61. The molecule has 2 unspecified atom stereocenters. The molecule has 1 aromatic carbocycles. The van der Waals surface area contributed by atoms with Crippen molar-refractivity contribution in [2.75, 3.05) is 26.2 Å². The summed E-state index contributed by atoms with van der Waals surface area (Å²) in [5, 5.41) is 3.11. The van der Waals surface area contributed by atoms with E-state index in [1.165, 1.54) is 25.8 Å². The summed E-state index contributed by atoms with van der Waals surface area (Å²) in [6.45, 7) is 8.44. The lowest BCUT2D eigenvalue weighted by Crippen LogP contribution is -2.41. The van der Waals surface area contributed by atoms with Crippen LogP contribution in [0, 0.1) is 11.8 Å². The average molecular weight is 317 g/mol. The number of benzene rings is 1. The molecule has 0 aromatic heterocycles. The smallest absolute Gasteiger partial charge is 0.224 e. The molecule has 1 fully saturated rings. The zero-order chi connectivity index (χ0) is 16.7. The van der Waals surface area contributed by atoms with Crippen molar-refractivity contribution in [3.63, 3.8) is 0 Å². The summed E-state index contributed by atoms with van der Waals surface area (Å²) in [4.78, 5) is 14.9. The zero-order valence-corrected chi connectivity index (χ0v) is 14.5. The van der Waals surface area contributed by atoms with Crippen LogP contribution in [-0.2, 0) is 4.79 Å². The molecular formula is C19H31N3O. The maximum atomic E-state index is 12.4. The van der Waals surface area contributed by atoms with Gasteiger partial charge in [-0.1, -0.05) is 44.2 Å². The van der Waals surface area contributed by atoms with Crippen LogP contribution in [-0.4, -0.2) is 37.0 Å². The number of rotatable bonds is 7. The average Bonchev–Trinajstić information content (AvgIpc) is 2.60. The monoisotopic (exact) mass is 317 g/mol. The molecular weight excluding hydrogens is 286 g/mol. The summed E-state index contributed by atoms with van der Waals surface area (Å²) >= 11 is 0. The van der Waals surface area contributed by atoms with Crippen molar-refractivity contribution in [1.82, 2.24) is 10.2 Å². The Morgan fingerprint density at radius 2 is 1.96 bits per heavy atom. The standard InChI is InChI=1S/C19H31N3O/c1-3-11-22-12-9-16(10-13-22)14-21-19(23)15(2)18(20)17-7-5-4-6-8-17/h4-8,15-16,18H,3,9-14,20H2,1-2H3,(H,21,23). The molecule has 1 aromatic rings. The van der Waals surface area contributed by atoms with Crippen molar-refractivity contribution < 1.29 is 4.79 Å². The third-order valence-electron chi connectivity index (χ3n) is 4.95. The number of carbonyl (C=O) groups excluding carboxylic acids is 1. The third-order valence-corrected chi connectivity index (χ3v) is 4.95. The fourth-order valence-electron chi connectivity index (χ4n) is 3.26. The predicted molar refractivity (Wildman–Crippen MR) is 95.0 cm³/mol. The molecule has 0 radical (unpaired) electrons. The van der Waals surface area contributed by atoms with Gasteiger partial charge in [-0.2, -0.15) is 0 Å². The molecule has 128 valence electrons. The molecule has 1 aliphatic rings. The van der Waals surface area contributed by atoms with E-state index in [1.807, 2.05) is 37.3 Å². The van der Waals surface area contributed by atoms with Crippen molar-refractivity contribution in [2.45, 2.75) is 39.2 Å². The first-order chi connectivity index (χ1) is 11.1. The van der Waals surface area contributed by atoms with Crippen molar-refractivity contribution in [1.29, 1.82) is 0 Å². The summed E-state index contributed by atoms with van der Waals surface area (Å²) < 4.78 is 0. The normalized spacial score (nSPS) is 19.3. The van der Waals surface area contributed by atoms with Gasteiger partial charge in [-0.15, -0.1) is 0 Å². The molecule has 0 aliphatic carbocycles. The minimum atomic E-state index is -0.248. The first kappa shape index (κ1) is 18.0. The Bertz CT molecular complexity index is 469.